The van der Waals surface area contributed by atoms with Gasteiger partial charge in [0, 0.05) is 0 Å². The molecule has 0 aromatic carbocycles. The molecule has 68 valence electrons. The lowest BCUT2D eigenvalue weighted by Gasteiger charge is -2.10. The Morgan fingerprint density at radius 2 is 1.25 bits per heavy atom. The molecule has 0 spiro atoms. The molecule has 0 rings (SSSR count). The maximum absolute atomic E-state index is 10.2. The predicted molar refractivity (Wildman–Crippen MR) is 35.6 cm³/mol. The van der Waals surface area contributed by atoms with Gasteiger partial charge in [-0.2, -0.15) is 0 Å². The summed E-state index contributed by atoms with van der Waals surface area (Å²) in [5.74, 6) is -8.04. The molecule has 0 radical (unpaired) electrons. The summed E-state index contributed by atoms with van der Waals surface area (Å²) < 4.78 is 0. The zero-order valence-electron chi connectivity index (χ0n) is 6.22. The molecule has 0 saturated heterocycles. The van der Waals surface area contributed by atoms with Crippen LogP contribution in [-0.2, 0) is 14.4 Å². The van der Waals surface area contributed by atoms with Crippen molar-refractivity contribution < 1.29 is 29.7 Å². The van der Waals surface area contributed by atoms with E-state index in [0.29, 0.717) is 0 Å². The van der Waals surface area contributed by atoms with Crippen LogP contribution >= 0.6 is 0 Å². The molecule has 0 aliphatic heterocycles. The van der Waals surface area contributed by atoms with Crippen molar-refractivity contribution in [1.29, 1.82) is 0 Å². The highest BCUT2D eigenvalue weighted by Gasteiger charge is 2.36. The third-order valence-corrected chi connectivity index (χ3v) is 1.42. The third kappa shape index (κ3) is 2.22. The molecule has 0 amide bonds. The lowest BCUT2D eigenvalue weighted by molar-refractivity contribution is -0.163. The lowest BCUT2D eigenvalue weighted by atomic mass is 9.95. The quantitative estimate of drug-likeness (QED) is 0.497. The van der Waals surface area contributed by atoms with E-state index in [9.17, 15) is 14.4 Å². The fraction of sp³-hybridized carbons (Fsp3) is 0.500. The highest BCUT2D eigenvalue weighted by Crippen LogP contribution is 2.12. The van der Waals surface area contributed by atoms with Crippen LogP contribution in [0.3, 0.4) is 0 Å². The lowest BCUT2D eigenvalue weighted by Crippen LogP contribution is -2.33. The monoisotopic (exact) mass is 176 g/mol. The van der Waals surface area contributed by atoms with Crippen LogP contribution in [0.4, 0.5) is 0 Å². The van der Waals surface area contributed by atoms with Gasteiger partial charge in [-0.25, -0.2) is 0 Å². The predicted octanol–water partition coefficient (Wildman–Crippen LogP) is -0.508. The summed E-state index contributed by atoms with van der Waals surface area (Å²) in [7, 11) is 0. The van der Waals surface area contributed by atoms with Gasteiger partial charge in [-0.15, -0.1) is 0 Å². The fourth-order valence-corrected chi connectivity index (χ4v) is 0.676. The van der Waals surface area contributed by atoms with Crippen molar-refractivity contribution in [2.45, 2.75) is 6.92 Å². The van der Waals surface area contributed by atoms with Gasteiger partial charge in [0.05, 0.1) is 5.92 Å². The average molecular weight is 176 g/mol. The summed E-state index contributed by atoms with van der Waals surface area (Å²) in [5.41, 5.74) is 0. The molecule has 0 unspecified atom stereocenters. The van der Waals surface area contributed by atoms with E-state index in [0.717, 1.165) is 6.92 Å². The molecular formula is C6H8O6. The maximum atomic E-state index is 10.2. The van der Waals surface area contributed by atoms with Gasteiger partial charge in [-0.3, -0.25) is 14.4 Å². The Labute approximate surface area is 67.4 Å². The minimum absolute atomic E-state index is 1.04. The number of hydrogen-bond acceptors (Lipinski definition) is 3. The molecule has 0 aromatic rings. The smallest absolute Gasteiger partial charge is 0.318 e. The van der Waals surface area contributed by atoms with Crippen molar-refractivity contribution in [3.05, 3.63) is 0 Å². The summed E-state index contributed by atoms with van der Waals surface area (Å²) in [6.07, 6.45) is 0. The average Bonchev–Trinajstić information content (AvgIpc) is 1.85. The summed E-state index contributed by atoms with van der Waals surface area (Å²) in [4.78, 5) is 30.7. The zero-order chi connectivity index (χ0) is 9.89. The van der Waals surface area contributed by atoms with Crippen molar-refractivity contribution in [2.24, 2.45) is 11.8 Å². The first kappa shape index (κ1) is 10.4. The van der Waals surface area contributed by atoms with E-state index in [2.05, 4.69) is 0 Å². The summed E-state index contributed by atoms with van der Waals surface area (Å²) in [6.45, 7) is 1.04. The molecule has 0 saturated carbocycles. The second-order valence-electron chi connectivity index (χ2n) is 2.28. The van der Waals surface area contributed by atoms with E-state index < -0.39 is 29.7 Å². The number of carbonyl (C=O) groups is 3. The van der Waals surface area contributed by atoms with Crippen LogP contribution in [0.5, 0.6) is 0 Å². The molecule has 0 aliphatic rings. The molecule has 0 aromatic heterocycles. The van der Waals surface area contributed by atoms with Gasteiger partial charge in [0.25, 0.3) is 0 Å². The molecule has 0 fully saturated rings. The molecule has 12 heavy (non-hydrogen) atoms. The SMILES string of the molecule is C[C@@H](C(=O)O)C(C(=O)O)C(=O)O. The topological polar surface area (TPSA) is 112 Å². The van der Waals surface area contributed by atoms with Crippen LogP contribution in [-0.4, -0.2) is 33.2 Å². The van der Waals surface area contributed by atoms with Gasteiger partial charge in [0.1, 0.15) is 0 Å². The van der Waals surface area contributed by atoms with E-state index in [1.54, 1.807) is 0 Å². The summed E-state index contributed by atoms with van der Waals surface area (Å²) in [5, 5.41) is 25.0. The standard InChI is InChI=1S/C6H8O6/c1-2(4(7)8)3(5(9)10)6(11)12/h2-3H,1H3,(H,7,8)(H,9,10)(H,11,12)/t2-/m1/s1. The Kier molecular flexibility index (Phi) is 3.21. The van der Waals surface area contributed by atoms with Crippen molar-refractivity contribution in [3.63, 3.8) is 0 Å². The Balaban J connectivity index is 4.63. The third-order valence-electron chi connectivity index (χ3n) is 1.42. The minimum Gasteiger partial charge on any atom is -0.481 e. The van der Waals surface area contributed by atoms with E-state index >= 15 is 0 Å². The van der Waals surface area contributed by atoms with E-state index in [4.69, 9.17) is 15.3 Å². The Morgan fingerprint density at radius 3 is 1.33 bits per heavy atom. The van der Waals surface area contributed by atoms with Gasteiger partial charge >= 0.3 is 17.9 Å². The Hall–Kier alpha value is -1.59. The minimum atomic E-state index is -1.89. The van der Waals surface area contributed by atoms with Gasteiger partial charge in [0.15, 0.2) is 5.92 Å². The number of aliphatic carboxylic acids is 3. The number of hydrogen-bond donors (Lipinski definition) is 3. The van der Waals surface area contributed by atoms with E-state index in [-0.39, 0.29) is 0 Å². The van der Waals surface area contributed by atoms with Gasteiger partial charge in [-0.05, 0) is 0 Å². The molecule has 6 nitrogen and oxygen atoms in total. The van der Waals surface area contributed by atoms with Crippen molar-refractivity contribution in [3.8, 4) is 0 Å². The Bertz CT molecular complexity index is 206. The van der Waals surface area contributed by atoms with Crippen LogP contribution in [0, 0.1) is 11.8 Å². The van der Waals surface area contributed by atoms with Crippen LogP contribution in [0.25, 0.3) is 0 Å². The van der Waals surface area contributed by atoms with Crippen molar-refractivity contribution in [2.75, 3.05) is 0 Å². The Morgan fingerprint density at radius 1 is 0.917 bits per heavy atom. The van der Waals surface area contributed by atoms with E-state index in [1.165, 1.54) is 0 Å². The zero-order valence-corrected chi connectivity index (χ0v) is 6.22. The van der Waals surface area contributed by atoms with Gasteiger partial charge in [-0.1, -0.05) is 6.92 Å². The van der Waals surface area contributed by atoms with Crippen LogP contribution < -0.4 is 0 Å². The van der Waals surface area contributed by atoms with E-state index in [1.807, 2.05) is 0 Å². The molecule has 1 atom stereocenters. The highest BCUT2D eigenvalue weighted by molar-refractivity contribution is 5.97. The molecule has 6 heteroatoms. The molecular weight excluding hydrogens is 168 g/mol. The first-order valence-corrected chi connectivity index (χ1v) is 3.06. The second-order valence-corrected chi connectivity index (χ2v) is 2.28. The van der Waals surface area contributed by atoms with Crippen molar-refractivity contribution in [1.82, 2.24) is 0 Å². The number of rotatable bonds is 4. The first-order chi connectivity index (χ1) is 5.37. The second kappa shape index (κ2) is 3.70. The first-order valence-electron chi connectivity index (χ1n) is 3.06. The van der Waals surface area contributed by atoms with Crippen LogP contribution in [0.2, 0.25) is 0 Å². The highest BCUT2D eigenvalue weighted by atomic mass is 16.4. The molecule has 0 bridgehead atoms. The largest absolute Gasteiger partial charge is 0.481 e. The fourth-order valence-electron chi connectivity index (χ4n) is 0.676. The normalized spacial score (nSPS) is 12.5. The van der Waals surface area contributed by atoms with Crippen molar-refractivity contribution >= 4 is 17.9 Å². The molecule has 3 N–H and O–H groups in total. The van der Waals surface area contributed by atoms with Gasteiger partial charge in [0.2, 0.25) is 0 Å². The number of carboxylic acids is 3. The summed E-state index contributed by atoms with van der Waals surface area (Å²) in [6, 6.07) is 0. The molecule has 0 aliphatic carbocycles. The summed E-state index contributed by atoms with van der Waals surface area (Å²) >= 11 is 0. The maximum Gasteiger partial charge on any atom is 0.318 e. The van der Waals surface area contributed by atoms with Crippen LogP contribution in [0.15, 0.2) is 0 Å². The van der Waals surface area contributed by atoms with Gasteiger partial charge < -0.3 is 15.3 Å². The number of carboxylic acid groups (broad SMARTS) is 3. The van der Waals surface area contributed by atoms with Crippen LogP contribution in [0.1, 0.15) is 6.92 Å². The molecule has 0 heterocycles.